The van der Waals surface area contributed by atoms with Crippen LogP contribution in [0.15, 0.2) is 10.5 Å². The molecule has 1 rings (SSSR count). The minimum Gasteiger partial charge on any atom is -0.495 e. The number of halogens is 1. The van der Waals surface area contributed by atoms with Crippen LogP contribution in [-0.2, 0) is 0 Å². The Kier molecular flexibility index (Phi) is 3.52. The minimum atomic E-state index is 0.571. The largest absolute Gasteiger partial charge is 0.495 e. The fraction of sp³-hybridized carbons (Fsp3) is 0.300. The normalized spacial score (nSPS) is 9.71. The quantitative estimate of drug-likeness (QED) is 0.782. The summed E-state index contributed by atoms with van der Waals surface area (Å²) in [5.74, 6) is 1.22. The summed E-state index contributed by atoms with van der Waals surface area (Å²) >= 11 is 3.35. The predicted molar refractivity (Wildman–Crippen MR) is 57.4 cm³/mol. The molecule has 0 bridgehead atoms. The maximum absolute atomic E-state index is 10.7. The molecule has 0 aromatic heterocycles. The van der Waals surface area contributed by atoms with Crippen molar-refractivity contribution < 1.29 is 14.3 Å². The Labute approximate surface area is 91.1 Å². The van der Waals surface area contributed by atoms with Crippen LogP contribution < -0.4 is 9.47 Å². The van der Waals surface area contributed by atoms with Crippen LogP contribution in [0.1, 0.15) is 15.9 Å². The van der Waals surface area contributed by atoms with Gasteiger partial charge in [0.2, 0.25) is 0 Å². The average molecular weight is 259 g/mol. The maximum Gasteiger partial charge on any atom is 0.150 e. The van der Waals surface area contributed by atoms with Gasteiger partial charge in [0.25, 0.3) is 0 Å². The van der Waals surface area contributed by atoms with Gasteiger partial charge in [-0.25, -0.2) is 0 Å². The molecule has 0 radical (unpaired) electrons. The highest BCUT2D eigenvalue weighted by Crippen LogP contribution is 2.38. The van der Waals surface area contributed by atoms with Crippen molar-refractivity contribution in [2.45, 2.75) is 6.92 Å². The Morgan fingerprint density at radius 1 is 1.36 bits per heavy atom. The number of carbonyl (C=O) groups excluding carboxylic acids is 1. The zero-order valence-electron chi connectivity index (χ0n) is 8.26. The van der Waals surface area contributed by atoms with E-state index in [1.165, 1.54) is 0 Å². The molecule has 0 unspecified atom stereocenters. The van der Waals surface area contributed by atoms with Crippen LogP contribution >= 0.6 is 15.9 Å². The van der Waals surface area contributed by atoms with E-state index in [4.69, 9.17) is 9.47 Å². The first-order valence-corrected chi connectivity index (χ1v) is 4.81. The number of carbonyl (C=O) groups is 1. The molecule has 0 N–H and O–H groups in total. The molecular weight excluding hydrogens is 248 g/mol. The van der Waals surface area contributed by atoms with Gasteiger partial charge < -0.3 is 9.47 Å². The van der Waals surface area contributed by atoms with E-state index in [1.807, 2.05) is 6.92 Å². The Balaban J connectivity index is 3.46. The van der Waals surface area contributed by atoms with Crippen molar-refractivity contribution in [3.05, 3.63) is 21.7 Å². The molecule has 0 aliphatic heterocycles. The van der Waals surface area contributed by atoms with Crippen LogP contribution in [0, 0.1) is 6.92 Å². The highest BCUT2D eigenvalue weighted by molar-refractivity contribution is 9.10. The van der Waals surface area contributed by atoms with Crippen LogP contribution in [-0.4, -0.2) is 20.5 Å². The smallest absolute Gasteiger partial charge is 0.150 e. The first kappa shape index (κ1) is 11.0. The molecule has 0 atom stereocenters. The number of hydrogen-bond acceptors (Lipinski definition) is 3. The van der Waals surface area contributed by atoms with Crippen molar-refractivity contribution in [1.82, 2.24) is 0 Å². The number of hydrogen-bond donors (Lipinski definition) is 0. The topological polar surface area (TPSA) is 35.5 Å². The van der Waals surface area contributed by atoms with Gasteiger partial charge in [-0.3, -0.25) is 4.79 Å². The standard InChI is InChI=1S/C10H11BrO3/c1-6-7(5-12)4-8(13-2)9(11)10(6)14-3/h4-5H,1-3H3. The summed E-state index contributed by atoms with van der Waals surface area (Å²) in [6.07, 6.45) is 0.785. The third-order valence-corrected chi connectivity index (χ3v) is 2.78. The first-order valence-electron chi connectivity index (χ1n) is 4.02. The van der Waals surface area contributed by atoms with E-state index in [-0.39, 0.29) is 0 Å². The summed E-state index contributed by atoms with van der Waals surface area (Å²) in [7, 11) is 3.10. The van der Waals surface area contributed by atoms with Crippen molar-refractivity contribution in [1.29, 1.82) is 0 Å². The molecule has 76 valence electrons. The SMILES string of the molecule is COc1cc(C=O)c(C)c(OC)c1Br. The molecule has 1 aromatic rings. The third kappa shape index (κ3) is 1.75. The Morgan fingerprint density at radius 3 is 2.43 bits per heavy atom. The Hall–Kier alpha value is -1.03. The van der Waals surface area contributed by atoms with Gasteiger partial charge >= 0.3 is 0 Å². The van der Waals surface area contributed by atoms with E-state index in [9.17, 15) is 4.79 Å². The zero-order valence-corrected chi connectivity index (χ0v) is 9.84. The van der Waals surface area contributed by atoms with Crippen LogP contribution in [0.5, 0.6) is 11.5 Å². The lowest BCUT2D eigenvalue weighted by Crippen LogP contribution is -1.97. The van der Waals surface area contributed by atoms with E-state index in [0.29, 0.717) is 17.1 Å². The van der Waals surface area contributed by atoms with Gasteiger partial charge in [-0.05, 0) is 28.9 Å². The molecule has 0 fully saturated rings. The van der Waals surface area contributed by atoms with Crippen LogP contribution in [0.25, 0.3) is 0 Å². The molecular formula is C10H11BrO3. The summed E-state index contributed by atoms with van der Waals surface area (Å²) < 4.78 is 11.0. The van der Waals surface area contributed by atoms with Gasteiger partial charge in [0.15, 0.2) is 6.29 Å². The van der Waals surface area contributed by atoms with Gasteiger partial charge in [-0.2, -0.15) is 0 Å². The summed E-state index contributed by atoms with van der Waals surface area (Å²) in [6, 6.07) is 1.68. The van der Waals surface area contributed by atoms with E-state index >= 15 is 0 Å². The Morgan fingerprint density at radius 2 is 2.00 bits per heavy atom. The van der Waals surface area contributed by atoms with E-state index in [2.05, 4.69) is 15.9 Å². The third-order valence-electron chi connectivity index (χ3n) is 2.03. The van der Waals surface area contributed by atoms with E-state index < -0.39 is 0 Å². The summed E-state index contributed by atoms with van der Waals surface area (Å²) in [5, 5.41) is 0. The fourth-order valence-corrected chi connectivity index (χ4v) is 1.97. The Bertz CT molecular complexity index is 361. The number of aldehydes is 1. The highest BCUT2D eigenvalue weighted by Gasteiger charge is 2.14. The second-order valence-electron chi connectivity index (χ2n) is 2.76. The number of methoxy groups -OCH3 is 2. The van der Waals surface area contributed by atoms with Crippen LogP contribution in [0.2, 0.25) is 0 Å². The van der Waals surface area contributed by atoms with Crippen LogP contribution in [0.3, 0.4) is 0 Å². The lowest BCUT2D eigenvalue weighted by Gasteiger charge is -2.12. The second-order valence-corrected chi connectivity index (χ2v) is 3.55. The van der Waals surface area contributed by atoms with Crippen molar-refractivity contribution in [2.75, 3.05) is 14.2 Å². The van der Waals surface area contributed by atoms with E-state index in [1.54, 1.807) is 20.3 Å². The molecule has 1 aromatic carbocycles. The monoisotopic (exact) mass is 258 g/mol. The lowest BCUT2D eigenvalue weighted by atomic mass is 10.1. The highest BCUT2D eigenvalue weighted by atomic mass is 79.9. The van der Waals surface area contributed by atoms with Crippen molar-refractivity contribution >= 4 is 22.2 Å². The fourth-order valence-electron chi connectivity index (χ4n) is 1.23. The maximum atomic E-state index is 10.7. The van der Waals surface area contributed by atoms with Gasteiger partial charge in [0.1, 0.15) is 16.0 Å². The molecule has 3 nitrogen and oxygen atoms in total. The molecule has 0 saturated heterocycles. The molecule has 14 heavy (non-hydrogen) atoms. The first-order chi connectivity index (χ1) is 6.65. The van der Waals surface area contributed by atoms with Gasteiger partial charge in [0.05, 0.1) is 14.2 Å². The van der Waals surface area contributed by atoms with E-state index in [0.717, 1.165) is 16.3 Å². The molecule has 0 heterocycles. The van der Waals surface area contributed by atoms with Crippen LogP contribution in [0.4, 0.5) is 0 Å². The number of ether oxygens (including phenoxy) is 2. The van der Waals surface area contributed by atoms with Crippen molar-refractivity contribution in [3.8, 4) is 11.5 Å². The molecule has 0 spiro atoms. The zero-order chi connectivity index (χ0) is 10.7. The summed E-state index contributed by atoms with van der Waals surface area (Å²) in [5.41, 5.74) is 1.37. The molecule has 0 amide bonds. The average Bonchev–Trinajstić information content (AvgIpc) is 2.19. The van der Waals surface area contributed by atoms with Gasteiger partial charge in [-0.15, -0.1) is 0 Å². The molecule has 0 aliphatic rings. The second kappa shape index (κ2) is 4.46. The molecule has 4 heteroatoms. The minimum absolute atomic E-state index is 0.571. The number of rotatable bonds is 3. The van der Waals surface area contributed by atoms with Crippen molar-refractivity contribution in [2.24, 2.45) is 0 Å². The van der Waals surface area contributed by atoms with Gasteiger partial charge in [0, 0.05) is 11.1 Å². The lowest BCUT2D eigenvalue weighted by molar-refractivity contribution is 0.112. The van der Waals surface area contributed by atoms with Crippen molar-refractivity contribution in [3.63, 3.8) is 0 Å². The molecule has 0 aliphatic carbocycles. The molecule has 0 saturated carbocycles. The summed E-state index contributed by atoms with van der Waals surface area (Å²) in [4.78, 5) is 10.7. The summed E-state index contributed by atoms with van der Waals surface area (Å²) in [6.45, 7) is 1.83. The van der Waals surface area contributed by atoms with Gasteiger partial charge in [-0.1, -0.05) is 0 Å². The number of benzene rings is 1. The predicted octanol–water partition coefficient (Wildman–Crippen LogP) is 2.59.